The molecular weight excluding hydrogens is 410 g/mol. The van der Waals surface area contributed by atoms with Crippen LogP contribution in [0.5, 0.6) is 0 Å². The van der Waals surface area contributed by atoms with E-state index in [-0.39, 0.29) is 26.2 Å². The van der Waals surface area contributed by atoms with Crippen LogP contribution in [0.25, 0.3) is 0 Å². The van der Waals surface area contributed by atoms with Crippen molar-refractivity contribution in [2.45, 2.75) is 63.8 Å². The van der Waals surface area contributed by atoms with Gasteiger partial charge in [-0.15, -0.1) is 0 Å². The van der Waals surface area contributed by atoms with Gasteiger partial charge in [0.15, 0.2) is 11.2 Å². The van der Waals surface area contributed by atoms with Crippen LogP contribution in [0.1, 0.15) is 34.6 Å². The van der Waals surface area contributed by atoms with Crippen molar-refractivity contribution < 1.29 is 46.1 Å². The van der Waals surface area contributed by atoms with Crippen molar-refractivity contribution in [1.82, 2.24) is 10.2 Å². The Morgan fingerprint density at radius 2 is 1.24 bits per heavy atom. The molecule has 2 rings (SSSR count). The molecule has 2 heterocycles. The van der Waals surface area contributed by atoms with Gasteiger partial charge in [-0.1, -0.05) is 0 Å². The highest BCUT2D eigenvalue weighted by Gasteiger charge is 2.59. The molecule has 0 aliphatic carbocycles. The highest BCUT2D eigenvalue weighted by atomic mass is 19.4. The summed E-state index contributed by atoms with van der Waals surface area (Å²) in [6, 6.07) is 0. The third kappa shape index (κ3) is 6.11. The predicted octanol–water partition coefficient (Wildman–Crippen LogP) is 2.69. The van der Waals surface area contributed by atoms with Crippen LogP contribution in [0.15, 0.2) is 0 Å². The smallest absolute Gasteiger partial charge is 0.417 e. The molecule has 6 nitrogen and oxygen atoms in total. The van der Waals surface area contributed by atoms with Gasteiger partial charge in [-0.05, 0) is 34.6 Å². The summed E-state index contributed by atoms with van der Waals surface area (Å²) in [5.41, 5.74) is -5.99. The van der Waals surface area contributed by atoms with Crippen LogP contribution in [0.2, 0.25) is 0 Å². The molecule has 2 unspecified atom stereocenters. The Hall–Kier alpha value is -1.27. The quantitative estimate of drug-likeness (QED) is 0.578. The Bertz CT molecular complexity index is 574. The lowest BCUT2D eigenvalue weighted by Gasteiger charge is -2.46. The molecule has 0 radical (unpaired) electrons. The Balaban J connectivity index is 0.000000326. The van der Waals surface area contributed by atoms with Crippen LogP contribution in [0, 0.1) is 11.8 Å². The molecule has 2 atom stereocenters. The normalized spacial score (nSPS) is 23.0. The molecule has 1 amide bonds. The number of nitrogens with one attached hydrogen (secondary N) is 1. The number of alkyl halides is 6. The molecule has 2 fully saturated rings. The van der Waals surface area contributed by atoms with E-state index in [2.05, 4.69) is 5.32 Å². The summed E-state index contributed by atoms with van der Waals surface area (Å²) in [5.74, 6) is -1.70. The van der Waals surface area contributed by atoms with E-state index in [1.807, 2.05) is 0 Å². The molecule has 29 heavy (non-hydrogen) atoms. The van der Waals surface area contributed by atoms with Gasteiger partial charge in [-0.3, -0.25) is 0 Å². The molecule has 2 aliphatic heterocycles. The fourth-order valence-electron chi connectivity index (χ4n) is 2.46. The van der Waals surface area contributed by atoms with Crippen LogP contribution < -0.4 is 5.32 Å². The van der Waals surface area contributed by atoms with Crippen molar-refractivity contribution >= 4 is 6.09 Å². The molecular formula is C17H28F6N2O4. The van der Waals surface area contributed by atoms with Gasteiger partial charge in [0.2, 0.25) is 0 Å². The first-order valence-electron chi connectivity index (χ1n) is 8.97. The summed E-state index contributed by atoms with van der Waals surface area (Å²) in [6.45, 7) is 6.75. The van der Waals surface area contributed by atoms with E-state index in [0.29, 0.717) is 0 Å². The maximum atomic E-state index is 12.5. The number of rotatable bonds is 2. The average molecular weight is 438 g/mol. The van der Waals surface area contributed by atoms with Crippen LogP contribution in [-0.4, -0.2) is 76.5 Å². The summed E-state index contributed by atoms with van der Waals surface area (Å²) in [4.78, 5) is 12.7. The zero-order valence-electron chi connectivity index (χ0n) is 16.9. The number of likely N-dealkylation sites (tertiary alicyclic amines) is 1. The Kier molecular flexibility index (Phi) is 7.20. The standard InChI is InChI=1S/C11H18F3NO3.C6H10F3NO/c1-9(2,3)18-8(16)15-5-7(6-15)10(4,17)11(12,13)14;1-5(11,6(7,8)9)4-2-10-3-4/h7,17H,5-6H2,1-4H3;4,10-11H,2-3H2,1H3. The second kappa shape index (κ2) is 8.10. The third-order valence-electron chi connectivity index (χ3n) is 5.05. The minimum atomic E-state index is -4.70. The van der Waals surface area contributed by atoms with E-state index in [0.717, 1.165) is 18.7 Å². The highest BCUT2D eigenvalue weighted by Crippen LogP contribution is 2.40. The molecule has 0 saturated carbocycles. The number of hydrogen-bond acceptors (Lipinski definition) is 5. The number of carbonyl (C=O) groups is 1. The number of aliphatic hydroxyl groups is 2. The van der Waals surface area contributed by atoms with Crippen molar-refractivity contribution in [3.8, 4) is 0 Å². The Morgan fingerprint density at radius 1 is 0.862 bits per heavy atom. The van der Waals surface area contributed by atoms with Crippen LogP contribution in [0.3, 0.4) is 0 Å². The first-order valence-corrected chi connectivity index (χ1v) is 8.97. The van der Waals surface area contributed by atoms with E-state index >= 15 is 0 Å². The van der Waals surface area contributed by atoms with Gasteiger partial charge in [-0.2, -0.15) is 26.3 Å². The molecule has 2 aliphatic rings. The van der Waals surface area contributed by atoms with Crippen LogP contribution in [-0.2, 0) is 4.74 Å². The zero-order valence-corrected chi connectivity index (χ0v) is 16.9. The SMILES string of the molecule is CC(C)(C)OC(=O)N1CC(C(C)(O)C(F)(F)F)C1.CC(O)(C1CNC1)C(F)(F)F. The van der Waals surface area contributed by atoms with E-state index < -0.39 is 47.1 Å². The number of amides is 1. The second-order valence-corrected chi connectivity index (χ2v) is 8.73. The molecule has 0 aromatic rings. The highest BCUT2D eigenvalue weighted by molar-refractivity contribution is 5.69. The lowest BCUT2D eigenvalue weighted by atomic mass is 9.82. The topological polar surface area (TPSA) is 82.0 Å². The maximum absolute atomic E-state index is 12.5. The lowest BCUT2D eigenvalue weighted by molar-refractivity contribution is -0.283. The van der Waals surface area contributed by atoms with Crippen molar-refractivity contribution in [3.63, 3.8) is 0 Å². The molecule has 3 N–H and O–H groups in total. The van der Waals surface area contributed by atoms with Crippen LogP contribution in [0.4, 0.5) is 31.1 Å². The largest absolute Gasteiger partial charge is 0.444 e. The molecule has 12 heteroatoms. The molecule has 2 saturated heterocycles. The number of ether oxygens (including phenoxy) is 1. The summed E-state index contributed by atoms with van der Waals surface area (Å²) in [5, 5.41) is 21.1. The summed E-state index contributed by atoms with van der Waals surface area (Å²) in [7, 11) is 0. The summed E-state index contributed by atoms with van der Waals surface area (Å²) < 4.78 is 78.7. The van der Waals surface area contributed by atoms with Crippen molar-refractivity contribution in [2.24, 2.45) is 11.8 Å². The van der Waals surface area contributed by atoms with Gasteiger partial charge in [0.25, 0.3) is 0 Å². The molecule has 0 aromatic carbocycles. The van der Waals surface area contributed by atoms with Gasteiger partial charge < -0.3 is 25.2 Å². The van der Waals surface area contributed by atoms with Crippen molar-refractivity contribution in [2.75, 3.05) is 26.2 Å². The van der Waals surface area contributed by atoms with E-state index in [1.165, 1.54) is 0 Å². The van der Waals surface area contributed by atoms with Crippen LogP contribution >= 0.6 is 0 Å². The van der Waals surface area contributed by atoms with Gasteiger partial charge in [0.05, 0.1) is 0 Å². The number of carbonyl (C=O) groups excluding carboxylic acids is 1. The summed E-state index contributed by atoms with van der Waals surface area (Å²) >= 11 is 0. The fourth-order valence-corrected chi connectivity index (χ4v) is 2.46. The van der Waals surface area contributed by atoms with Gasteiger partial charge in [0.1, 0.15) is 5.60 Å². The molecule has 0 aromatic heterocycles. The van der Waals surface area contributed by atoms with E-state index in [9.17, 15) is 36.2 Å². The Labute approximate surface area is 165 Å². The maximum Gasteiger partial charge on any atom is 0.417 e. The lowest BCUT2D eigenvalue weighted by Crippen LogP contribution is -2.63. The predicted molar refractivity (Wildman–Crippen MR) is 91.0 cm³/mol. The molecule has 0 bridgehead atoms. The fraction of sp³-hybridized carbons (Fsp3) is 0.941. The molecule has 172 valence electrons. The van der Waals surface area contributed by atoms with E-state index in [4.69, 9.17) is 9.84 Å². The van der Waals surface area contributed by atoms with E-state index in [1.54, 1.807) is 20.8 Å². The average Bonchev–Trinajstić information content (AvgIpc) is 2.28. The number of halogens is 6. The number of hydrogen-bond donors (Lipinski definition) is 3. The summed E-state index contributed by atoms with van der Waals surface area (Å²) in [6.07, 6.45) is -9.87. The zero-order chi connectivity index (χ0) is 23.1. The first-order chi connectivity index (χ1) is 12.7. The van der Waals surface area contributed by atoms with Gasteiger partial charge in [-0.25, -0.2) is 4.79 Å². The minimum absolute atomic E-state index is 0.151. The second-order valence-electron chi connectivity index (χ2n) is 8.73. The first kappa shape index (κ1) is 25.8. The van der Waals surface area contributed by atoms with Gasteiger partial charge >= 0.3 is 18.4 Å². The third-order valence-corrected chi connectivity index (χ3v) is 5.05. The van der Waals surface area contributed by atoms with Crippen molar-refractivity contribution in [1.29, 1.82) is 0 Å². The minimum Gasteiger partial charge on any atom is -0.444 e. The Morgan fingerprint density at radius 3 is 1.48 bits per heavy atom. The number of nitrogens with zero attached hydrogens (tertiary/aromatic N) is 1. The van der Waals surface area contributed by atoms with Gasteiger partial charge in [0, 0.05) is 38.0 Å². The van der Waals surface area contributed by atoms with Crippen molar-refractivity contribution in [3.05, 3.63) is 0 Å². The monoisotopic (exact) mass is 438 g/mol. The molecule has 0 spiro atoms.